The van der Waals surface area contributed by atoms with Crippen LogP contribution in [0.3, 0.4) is 0 Å². The smallest absolute Gasteiger partial charge is 0.257 e. The topological polar surface area (TPSA) is 83.6 Å². The van der Waals surface area contributed by atoms with E-state index in [9.17, 15) is 10.1 Å². The summed E-state index contributed by atoms with van der Waals surface area (Å²) in [6.07, 6.45) is 6.64. The highest BCUT2D eigenvalue weighted by Crippen LogP contribution is 2.39. The van der Waals surface area contributed by atoms with Gasteiger partial charge in [0, 0.05) is 28.6 Å². The number of carbonyl (C=O) groups excluding carboxylic acids is 1. The van der Waals surface area contributed by atoms with E-state index in [1.165, 1.54) is 4.88 Å². The number of anilines is 1. The molecule has 1 aromatic carbocycles. The van der Waals surface area contributed by atoms with E-state index in [1.54, 1.807) is 17.5 Å². The number of hydrogen-bond acceptors (Lipinski definition) is 5. The number of fused-ring (bicyclic) bond motifs is 2. The Balaban J connectivity index is 1.56. The zero-order chi connectivity index (χ0) is 22.2. The molecule has 160 valence electrons. The Morgan fingerprint density at radius 2 is 2.22 bits per heavy atom. The summed E-state index contributed by atoms with van der Waals surface area (Å²) < 4.78 is 1.84. The quantitative estimate of drug-likeness (QED) is 0.458. The number of nitriles is 1. The number of rotatable bonds is 4. The fourth-order valence-corrected chi connectivity index (χ4v) is 5.66. The van der Waals surface area contributed by atoms with Crippen molar-refractivity contribution >= 4 is 33.1 Å². The molecule has 1 aliphatic carbocycles. The van der Waals surface area contributed by atoms with Gasteiger partial charge in [-0.1, -0.05) is 25.1 Å². The highest BCUT2D eigenvalue weighted by Gasteiger charge is 2.25. The number of benzene rings is 1. The average Bonchev–Trinajstić information content (AvgIpc) is 3.42. The normalized spacial score (nSPS) is 15.3. The van der Waals surface area contributed by atoms with E-state index >= 15 is 0 Å². The number of thiophene rings is 1. The van der Waals surface area contributed by atoms with Gasteiger partial charge in [-0.25, -0.2) is 4.98 Å². The fraction of sp³-hybridized carbons (Fsp3) is 0.280. The summed E-state index contributed by atoms with van der Waals surface area (Å²) in [5.74, 6) is 0.378. The molecule has 3 aromatic heterocycles. The van der Waals surface area contributed by atoms with Crippen molar-refractivity contribution in [2.45, 2.75) is 39.7 Å². The summed E-state index contributed by atoms with van der Waals surface area (Å²) in [5.41, 5.74) is 4.59. The van der Waals surface area contributed by atoms with Crippen LogP contribution in [0.5, 0.6) is 0 Å². The Kier molecular flexibility index (Phi) is 5.24. The third-order valence-corrected chi connectivity index (χ3v) is 7.23. The Labute approximate surface area is 190 Å². The molecule has 1 aliphatic rings. The van der Waals surface area contributed by atoms with E-state index < -0.39 is 0 Å². The standard InChI is InChI=1S/C25H23N5OS/c1-3-30-14-16(13-27-30)22-11-19(17-6-4-5-7-21(17)28-22)24(31)29-25-20(12-26)18-9-8-15(2)10-23(18)32-25/h4-7,11,13-15H,3,8-10H2,1-2H3,(H,29,31)/t15-/m0/s1. The number of nitrogens with zero attached hydrogens (tertiary/aromatic N) is 4. The van der Waals surface area contributed by atoms with Crippen molar-refractivity contribution in [2.24, 2.45) is 5.92 Å². The van der Waals surface area contributed by atoms with Crippen LogP contribution in [0.15, 0.2) is 42.7 Å². The lowest BCUT2D eigenvalue weighted by molar-refractivity contribution is 0.102. The predicted molar refractivity (Wildman–Crippen MR) is 127 cm³/mol. The van der Waals surface area contributed by atoms with Crippen LogP contribution < -0.4 is 5.32 Å². The van der Waals surface area contributed by atoms with Gasteiger partial charge in [-0.2, -0.15) is 10.4 Å². The summed E-state index contributed by atoms with van der Waals surface area (Å²) in [6.45, 7) is 5.02. The second-order valence-corrected chi connectivity index (χ2v) is 9.38. The van der Waals surface area contributed by atoms with Crippen LogP contribution in [0, 0.1) is 17.2 Å². The Morgan fingerprint density at radius 3 is 3.00 bits per heavy atom. The molecule has 0 radical (unpaired) electrons. The zero-order valence-corrected chi connectivity index (χ0v) is 18.9. The summed E-state index contributed by atoms with van der Waals surface area (Å²) in [4.78, 5) is 19.4. The lowest BCUT2D eigenvalue weighted by Gasteiger charge is -2.17. The van der Waals surface area contributed by atoms with Crippen molar-refractivity contribution in [3.05, 3.63) is 64.3 Å². The molecule has 0 spiro atoms. The number of amides is 1. The van der Waals surface area contributed by atoms with Gasteiger partial charge >= 0.3 is 0 Å². The predicted octanol–water partition coefficient (Wildman–Crippen LogP) is 5.43. The molecular weight excluding hydrogens is 418 g/mol. The molecule has 0 aliphatic heterocycles. The van der Waals surface area contributed by atoms with Crippen LogP contribution in [0.2, 0.25) is 0 Å². The summed E-state index contributed by atoms with van der Waals surface area (Å²) in [5, 5.41) is 18.6. The van der Waals surface area contributed by atoms with Crippen LogP contribution >= 0.6 is 11.3 Å². The summed E-state index contributed by atoms with van der Waals surface area (Å²) in [6, 6.07) is 11.8. The molecule has 3 heterocycles. The first-order chi connectivity index (χ1) is 15.6. The van der Waals surface area contributed by atoms with Crippen molar-refractivity contribution in [2.75, 3.05) is 5.32 Å². The van der Waals surface area contributed by atoms with Gasteiger partial charge in [0.15, 0.2) is 0 Å². The molecule has 1 amide bonds. The molecule has 0 fully saturated rings. The van der Waals surface area contributed by atoms with Crippen LogP contribution in [0.4, 0.5) is 5.00 Å². The van der Waals surface area contributed by atoms with Gasteiger partial charge in [-0.3, -0.25) is 9.48 Å². The van der Waals surface area contributed by atoms with Crippen LogP contribution in [-0.2, 0) is 19.4 Å². The van der Waals surface area contributed by atoms with Crippen LogP contribution in [0.1, 0.15) is 46.6 Å². The minimum atomic E-state index is -0.226. The van der Waals surface area contributed by atoms with E-state index in [4.69, 9.17) is 4.98 Å². The van der Waals surface area contributed by atoms with Crippen molar-refractivity contribution in [3.8, 4) is 17.3 Å². The molecular formula is C25H23N5OS. The third-order valence-electron chi connectivity index (χ3n) is 6.06. The second-order valence-electron chi connectivity index (χ2n) is 8.28. The number of pyridine rings is 1. The number of carbonyl (C=O) groups is 1. The number of aromatic nitrogens is 3. The van der Waals surface area contributed by atoms with Gasteiger partial charge in [0.1, 0.15) is 11.1 Å². The average molecular weight is 442 g/mol. The molecule has 0 unspecified atom stereocenters. The molecule has 7 heteroatoms. The molecule has 0 saturated carbocycles. The SMILES string of the molecule is CCn1cc(-c2cc(C(=O)Nc3sc4c(c3C#N)CC[C@H](C)C4)c3ccccc3n2)cn1. The van der Waals surface area contributed by atoms with Crippen molar-refractivity contribution < 1.29 is 4.79 Å². The molecule has 0 bridgehead atoms. The Hall–Kier alpha value is -3.50. The zero-order valence-electron chi connectivity index (χ0n) is 18.1. The molecule has 6 nitrogen and oxygen atoms in total. The molecule has 0 saturated heterocycles. The minimum Gasteiger partial charge on any atom is -0.312 e. The maximum atomic E-state index is 13.5. The highest BCUT2D eigenvalue weighted by molar-refractivity contribution is 7.16. The number of aryl methyl sites for hydroxylation is 1. The number of para-hydroxylation sites is 1. The van der Waals surface area contributed by atoms with Gasteiger partial charge in [0.05, 0.1) is 28.5 Å². The first-order valence-electron chi connectivity index (χ1n) is 10.9. The largest absolute Gasteiger partial charge is 0.312 e. The summed E-state index contributed by atoms with van der Waals surface area (Å²) in [7, 11) is 0. The molecule has 5 rings (SSSR count). The first-order valence-corrected chi connectivity index (χ1v) is 11.7. The van der Waals surface area contributed by atoms with E-state index in [2.05, 4.69) is 23.4 Å². The Bertz CT molecular complexity index is 1380. The highest BCUT2D eigenvalue weighted by atomic mass is 32.1. The number of nitrogens with one attached hydrogen (secondary N) is 1. The van der Waals surface area contributed by atoms with E-state index in [1.807, 2.05) is 48.1 Å². The fourth-order valence-electron chi connectivity index (χ4n) is 4.31. The van der Waals surface area contributed by atoms with E-state index in [0.29, 0.717) is 27.7 Å². The molecule has 32 heavy (non-hydrogen) atoms. The number of hydrogen-bond donors (Lipinski definition) is 1. The lowest BCUT2D eigenvalue weighted by atomic mass is 9.88. The van der Waals surface area contributed by atoms with Gasteiger partial charge in [0.25, 0.3) is 5.91 Å². The second kappa shape index (κ2) is 8.21. The molecule has 1 N–H and O–H groups in total. The summed E-state index contributed by atoms with van der Waals surface area (Å²) >= 11 is 1.54. The molecule has 4 aromatic rings. The Morgan fingerprint density at radius 1 is 1.38 bits per heavy atom. The van der Waals surface area contributed by atoms with Crippen molar-refractivity contribution in [1.29, 1.82) is 5.26 Å². The van der Waals surface area contributed by atoms with Crippen molar-refractivity contribution in [3.63, 3.8) is 0 Å². The van der Waals surface area contributed by atoms with Gasteiger partial charge < -0.3 is 5.32 Å². The lowest BCUT2D eigenvalue weighted by Crippen LogP contribution is -2.13. The van der Waals surface area contributed by atoms with E-state index in [0.717, 1.165) is 47.8 Å². The van der Waals surface area contributed by atoms with Gasteiger partial charge in [-0.05, 0) is 49.8 Å². The monoisotopic (exact) mass is 441 g/mol. The third kappa shape index (κ3) is 3.57. The maximum absolute atomic E-state index is 13.5. The van der Waals surface area contributed by atoms with Gasteiger partial charge in [-0.15, -0.1) is 11.3 Å². The van der Waals surface area contributed by atoms with Crippen LogP contribution in [0.25, 0.3) is 22.2 Å². The first kappa shape index (κ1) is 20.4. The minimum absolute atomic E-state index is 0.226. The maximum Gasteiger partial charge on any atom is 0.257 e. The van der Waals surface area contributed by atoms with Crippen LogP contribution in [-0.4, -0.2) is 20.7 Å². The van der Waals surface area contributed by atoms with Gasteiger partial charge in [0.2, 0.25) is 0 Å². The van der Waals surface area contributed by atoms with Crippen molar-refractivity contribution in [1.82, 2.24) is 14.8 Å². The van der Waals surface area contributed by atoms with E-state index in [-0.39, 0.29) is 5.91 Å². The molecule has 1 atom stereocenters.